The highest BCUT2D eigenvalue weighted by Gasteiger charge is 2.46. The minimum atomic E-state index is -1.85. The van der Waals surface area contributed by atoms with E-state index in [1.807, 2.05) is 6.07 Å². The highest BCUT2D eigenvalue weighted by atomic mass is 16.5. The van der Waals surface area contributed by atoms with Crippen molar-refractivity contribution >= 4 is 64.1 Å². The number of hydrogen-bond donors (Lipinski definition) is 13. The molecule has 3 aliphatic heterocycles. The zero-order valence-electron chi connectivity index (χ0n) is 38.3. The summed E-state index contributed by atoms with van der Waals surface area (Å²) in [5, 5.41) is 54.6. The van der Waals surface area contributed by atoms with Gasteiger partial charge in [0.15, 0.2) is 6.23 Å². The number of nitrogens with one attached hydrogen (secondary N) is 10. The second-order valence-corrected chi connectivity index (χ2v) is 17.9. The van der Waals surface area contributed by atoms with E-state index < -0.39 is 152 Å². The van der Waals surface area contributed by atoms with E-state index in [0.717, 1.165) is 17.8 Å². The summed E-state index contributed by atoms with van der Waals surface area (Å²) in [6, 6.07) is 5.28. The van der Waals surface area contributed by atoms with Crippen molar-refractivity contribution in [3.8, 4) is 0 Å². The van der Waals surface area contributed by atoms with Gasteiger partial charge in [0.1, 0.15) is 42.4 Å². The van der Waals surface area contributed by atoms with Gasteiger partial charge in [-0.2, -0.15) is 0 Å². The average molecular weight is 961 g/mol. The third kappa shape index (κ3) is 13.4. The number of ether oxygens (including phenoxy) is 1. The summed E-state index contributed by atoms with van der Waals surface area (Å²) in [6.45, 7) is 2.65. The van der Waals surface area contributed by atoms with E-state index in [-0.39, 0.29) is 25.2 Å². The molecule has 3 aliphatic rings. The molecule has 0 saturated carbocycles. The summed E-state index contributed by atoms with van der Waals surface area (Å²) in [4.78, 5) is 129. The van der Waals surface area contributed by atoms with Gasteiger partial charge in [-0.3, -0.25) is 43.2 Å². The lowest BCUT2D eigenvalue weighted by molar-refractivity contribution is -0.191. The van der Waals surface area contributed by atoms with Crippen molar-refractivity contribution in [2.45, 2.75) is 114 Å². The number of rotatable bonds is 12. The van der Waals surface area contributed by atoms with E-state index in [4.69, 9.17) is 4.74 Å². The van der Waals surface area contributed by atoms with E-state index >= 15 is 0 Å². The van der Waals surface area contributed by atoms with Crippen molar-refractivity contribution in [2.75, 3.05) is 19.8 Å². The molecule has 3 fully saturated rings. The van der Waals surface area contributed by atoms with Crippen LogP contribution in [0.25, 0.3) is 10.9 Å². The number of aliphatic hydroxyl groups is 3. The Morgan fingerprint density at radius 2 is 1.30 bits per heavy atom. The number of aromatic nitrogens is 1. The third-order valence-corrected chi connectivity index (χ3v) is 12.2. The summed E-state index contributed by atoms with van der Waals surface area (Å²) in [5.74, 6) is -9.61. The summed E-state index contributed by atoms with van der Waals surface area (Å²) < 4.78 is 5.71. The van der Waals surface area contributed by atoms with E-state index in [0.29, 0.717) is 11.1 Å². The minimum Gasteiger partial charge on any atom is -0.396 e. The molecule has 3 aromatic rings. The van der Waals surface area contributed by atoms with Gasteiger partial charge in [0, 0.05) is 49.3 Å². The fourth-order valence-corrected chi connectivity index (χ4v) is 8.61. The van der Waals surface area contributed by atoms with Gasteiger partial charge < -0.3 is 72.9 Å². The highest BCUT2D eigenvalue weighted by Crippen LogP contribution is 2.26. The summed E-state index contributed by atoms with van der Waals surface area (Å²) in [5.41, 5.74) is 1.95. The van der Waals surface area contributed by atoms with Gasteiger partial charge in [-0.15, -0.1) is 0 Å². The van der Waals surface area contributed by atoms with Gasteiger partial charge in [0.05, 0.1) is 38.2 Å². The Kier molecular flexibility index (Phi) is 17.4. The van der Waals surface area contributed by atoms with Crippen molar-refractivity contribution < 1.29 is 63.2 Å². The zero-order chi connectivity index (χ0) is 49.9. The second-order valence-electron chi connectivity index (χ2n) is 17.9. The van der Waals surface area contributed by atoms with Gasteiger partial charge in [-0.05, 0) is 29.5 Å². The highest BCUT2D eigenvalue weighted by molar-refractivity contribution is 6.01. The zero-order valence-corrected chi connectivity index (χ0v) is 38.3. The molecule has 0 unspecified atom stereocenters. The number of aromatic amines is 1. The van der Waals surface area contributed by atoms with Crippen LogP contribution in [0.5, 0.6) is 0 Å². The predicted octanol–water partition coefficient (Wildman–Crippen LogP) is -3.86. The lowest BCUT2D eigenvalue weighted by atomic mass is 9.86. The molecule has 23 heteroatoms. The summed E-state index contributed by atoms with van der Waals surface area (Å²) in [7, 11) is 0. The fourth-order valence-electron chi connectivity index (χ4n) is 8.61. The van der Waals surface area contributed by atoms with Crippen molar-refractivity contribution in [1.82, 2.24) is 52.8 Å². The smallest absolute Gasteiger partial charge is 0.245 e. The Morgan fingerprint density at radius 1 is 0.710 bits per heavy atom. The van der Waals surface area contributed by atoms with E-state index in [1.54, 1.807) is 68.6 Å². The molecule has 4 heterocycles. The van der Waals surface area contributed by atoms with Crippen LogP contribution in [0.15, 0.2) is 60.8 Å². The van der Waals surface area contributed by atoms with Crippen LogP contribution in [0, 0.1) is 11.8 Å². The number of hydrogen-bond acceptors (Lipinski definition) is 13. The van der Waals surface area contributed by atoms with Crippen LogP contribution in [0.3, 0.4) is 0 Å². The molecule has 23 nitrogen and oxygen atoms in total. The predicted molar refractivity (Wildman–Crippen MR) is 244 cm³/mol. The Balaban J connectivity index is 1.38. The van der Waals surface area contributed by atoms with Gasteiger partial charge in [-0.1, -0.05) is 62.4 Å². The quantitative estimate of drug-likeness (QED) is 0.0828. The first-order valence-electron chi connectivity index (χ1n) is 22.7. The molecule has 13 N–H and O–H groups in total. The Hall–Kier alpha value is -6.95. The topological polar surface area (TPSA) is 348 Å². The Bertz CT molecular complexity index is 2380. The first kappa shape index (κ1) is 51.4. The number of carbonyl (C=O) groups excluding carboxylic acids is 9. The number of fused-ring (bicyclic) bond motifs is 6. The van der Waals surface area contributed by atoms with Crippen molar-refractivity contribution in [2.24, 2.45) is 11.8 Å². The third-order valence-electron chi connectivity index (χ3n) is 12.2. The van der Waals surface area contributed by atoms with Crippen molar-refractivity contribution in [3.63, 3.8) is 0 Å². The van der Waals surface area contributed by atoms with Crippen molar-refractivity contribution in [1.29, 1.82) is 0 Å². The van der Waals surface area contributed by atoms with Crippen LogP contribution in [0.2, 0.25) is 0 Å². The van der Waals surface area contributed by atoms with Crippen LogP contribution in [0.4, 0.5) is 0 Å². The molecule has 1 aromatic heterocycles. The molecule has 0 radical (unpaired) electrons. The largest absolute Gasteiger partial charge is 0.396 e. The van der Waals surface area contributed by atoms with Crippen LogP contribution in [-0.2, 0) is 60.7 Å². The van der Waals surface area contributed by atoms with Crippen LogP contribution in [-0.4, -0.2) is 154 Å². The van der Waals surface area contributed by atoms with Crippen LogP contribution >= 0.6 is 0 Å². The molecule has 6 rings (SSSR count). The van der Waals surface area contributed by atoms with Gasteiger partial charge >= 0.3 is 0 Å². The van der Waals surface area contributed by atoms with Crippen LogP contribution in [0.1, 0.15) is 51.2 Å². The van der Waals surface area contributed by atoms with E-state index in [2.05, 4.69) is 52.8 Å². The molecule has 0 aliphatic carbocycles. The van der Waals surface area contributed by atoms with E-state index in [1.165, 1.54) is 0 Å². The molecule has 0 spiro atoms. The molecular formula is C46H60N10O13. The molecule has 69 heavy (non-hydrogen) atoms. The van der Waals surface area contributed by atoms with E-state index in [9.17, 15) is 58.5 Å². The standard InChI is InChI=1S/C46H60N10O13/c1-22(2)13-29-40(63)54-33(17-37(61)56-46-38(49-23(3)59)27(20-57)39(62)35(21-58)69-46)44(67)53-32-16-36(60)48-19-34(45(68)50-29)55-41(64)30(14-24-9-5-4-6-10-24)51-42(65)31(52-43(32)66)15-25-18-47-28-12-8-7-11-26(25)28/h4-12,18,22,27,29-35,38-39,46-47,57-58,62H,13-17,19-21H2,1-3H3,(H,48,60)(H,49,59)(H,50,68)(H,51,65)(H,52,66)(H,53,67)(H,54,63)(H,55,64)(H,56,61)/t27-,29+,30+,31+,32+,33+,34+,35-,38-,39+,46-/m1/s1. The molecule has 9 amide bonds. The van der Waals surface area contributed by atoms with Gasteiger partial charge in [-0.25, -0.2) is 0 Å². The average Bonchev–Trinajstić information content (AvgIpc) is 3.71. The minimum absolute atomic E-state index is 0.0254. The van der Waals surface area contributed by atoms with Crippen molar-refractivity contribution in [3.05, 3.63) is 71.9 Å². The number of para-hydroxylation sites is 1. The Labute approximate surface area is 396 Å². The number of benzene rings is 2. The Morgan fingerprint density at radius 3 is 2.00 bits per heavy atom. The normalized spacial score (nSPS) is 28.6. The first-order valence-corrected chi connectivity index (χ1v) is 22.7. The number of aliphatic hydroxyl groups excluding tert-OH is 3. The number of H-pyrrole nitrogens is 1. The van der Waals surface area contributed by atoms with Gasteiger partial charge in [0.25, 0.3) is 0 Å². The maximum Gasteiger partial charge on any atom is 0.245 e. The monoisotopic (exact) mass is 960 g/mol. The molecule has 2 bridgehead atoms. The lowest BCUT2D eigenvalue weighted by Gasteiger charge is -2.44. The number of carbonyl (C=O) groups is 9. The van der Waals surface area contributed by atoms with Crippen LogP contribution < -0.4 is 47.9 Å². The molecule has 372 valence electrons. The number of amides is 9. The summed E-state index contributed by atoms with van der Waals surface area (Å²) >= 11 is 0. The molecule has 2 aromatic carbocycles. The molecule has 11 atom stereocenters. The maximum atomic E-state index is 14.5. The molecular weight excluding hydrogens is 901 g/mol. The maximum absolute atomic E-state index is 14.5. The lowest BCUT2D eigenvalue weighted by Crippen LogP contribution is -2.67. The second kappa shape index (κ2) is 23.4. The fraction of sp³-hybridized carbons (Fsp3) is 0.500. The summed E-state index contributed by atoms with van der Waals surface area (Å²) in [6.07, 6.45) is -4.57. The first-order chi connectivity index (χ1) is 32.9. The molecule has 3 saturated heterocycles. The SMILES string of the molecule is CC(=O)N[C@@H]1[C@@H](CO)[C@H](O)[C@@H](CO)O[C@H]1NC(=O)C[C@@H]1NC(=O)[C@H](CC(C)C)NC(=O)[C@@H]2CNC(=O)C[C@H](NC1=O)C(=O)N[C@@H](Cc1c[nH]c3ccccc13)C(=O)N[C@@H](Cc1ccccc1)C(=O)N2. The van der Waals surface area contributed by atoms with Gasteiger partial charge in [0.2, 0.25) is 53.2 Å².